The Morgan fingerprint density at radius 1 is 1.08 bits per heavy atom. The Kier molecular flexibility index (Phi) is 3.99. The predicted octanol–water partition coefficient (Wildman–Crippen LogP) is 4.74. The van der Waals surface area contributed by atoms with E-state index in [9.17, 15) is 4.79 Å². The van der Waals surface area contributed by atoms with Crippen molar-refractivity contribution in [1.82, 2.24) is 5.32 Å². The van der Waals surface area contributed by atoms with Gasteiger partial charge in [-0.3, -0.25) is 4.79 Å². The van der Waals surface area contributed by atoms with Crippen molar-refractivity contribution in [3.63, 3.8) is 0 Å². The van der Waals surface area contributed by atoms with Crippen molar-refractivity contribution >= 4 is 5.78 Å². The van der Waals surface area contributed by atoms with E-state index < -0.39 is 0 Å². The van der Waals surface area contributed by atoms with E-state index in [-0.39, 0.29) is 0 Å². The van der Waals surface area contributed by atoms with Gasteiger partial charge >= 0.3 is 0 Å². The minimum Gasteiger partial charge on any atom is -0.317 e. The Morgan fingerprint density at radius 2 is 1.88 bits per heavy atom. The molecule has 7 unspecified atom stereocenters. The van der Waals surface area contributed by atoms with Gasteiger partial charge < -0.3 is 5.32 Å². The van der Waals surface area contributed by atoms with Gasteiger partial charge in [-0.2, -0.15) is 0 Å². The average molecular weight is 330 g/mol. The summed E-state index contributed by atoms with van der Waals surface area (Å²) >= 11 is 0. The summed E-state index contributed by atoms with van der Waals surface area (Å²) in [6.07, 6.45) is 12.1. The molecule has 2 nitrogen and oxygen atoms in total. The molecular weight excluding hydrogens is 294 g/mol. The molecule has 0 aromatic carbocycles. The van der Waals surface area contributed by atoms with Crippen molar-refractivity contribution in [2.24, 2.45) is 34.5 Å². The first kappa shape index (κ1) is 16.8. The van der Waals surface area contributed by atoms with Crippen LogP contribution >= 0.6 is 0 Å². The van der Waals surface area contributed by atoms with E-state index in [4.69, 9.17) is 0 Å². The molecule has 0 amide bonds. The molecule has 4 aliphatic rings. The zero-order valence-electron chi connectivity index (χ0n) is 16.0. The molecule has 0 aromatic rings. The molecule has 0 radical (unpaired) electrons. The monoisotopic (exact) mass is 329 g/mol. The molecule has 0 saturated heterocycles. The number of nitrogens with one attached hydrogen (secondary N) is 1. The van der Waals surface area contributed by atoms with Crippen molar-refractivity contribution in [2.75, 3.05) is 7.05 Å². The lowest BCUT2D eigenvalue weighted by Crippen LogP contribution is -2.52. The number of allylic oxidation sites excluding steroid dienone is 1. The van der Waals surface area contributed by atoms with Gasteiger partial charge in [0.15, 0.2) is 5.78 Å². The van der Waals surface area contributed by atoms with Gasteiger partial charge in [0.2, 0.25) is 0 Å². The summed E-state index contributed by atoms with van der Waals surface area (Å²) in [5, 5.41) is 3.55. The van der Waals surface area contributed by atoms with Crippen LogP contribution < -0.4 is 5.32 Å². The summed E-state index contributed by atoms with van der Waals surface area (Å²) in [6, 6.07) is 0.637. The van der Waals surface area contributed by atoms with Crippen LogP contribution in [0.5, 0.6) is 0 Å². The SMILES string of the molecule is CNC(C)C1CCC2C3CCC4=CC(=O)CCC4(C)C3CCC12C. The van der Waals surface area contributed by atoms with Crippen LogP contribution in [0.25, 0.3) is 0 Å². The zero-order valence-corrected chi connectivity index (χ0v) is 16.0. The first-order chi connectivity index (χ1) is 11.4. The Morgan fingerprint density at radius 3 is 2.62 bits per heavy atom. The lowest BCUT2D eigenvalue weighted by Gasteiger charge is -2.58. The summed E-state index contributed by atoms with van der Waals surface area (Å²) in [5.41, 5.74) is 2.36. The van der Waals surface area contributed by atoms with Crippen LogP contribution in [0.1, 0.15) is 72.1 Å². The number of carbonyl (C=O) groups excluding carboxylic acids is 1. The van der Waals surface area contributed by atoms with Crippen molar-refractivity contribution < 1.29 is 4.79 Å². The number of hydrogen-bond donors (Lipinski definition) is 1. The maximum absolute atomic E-state index is 11.9. The molecule has 4 rings (SSSR count). The third-order valence-corrected chi connectivity index (χ3v) is 9.09. The van der Waals surface area contributed by atoms with E-state index >= 15 is 0 Å². The first-order valence-electron chi connectivity index (χ1n) is 10.3. The van der Waals surface area contributed by atoms with Crippen LogP contribution in [0.15, 0.2) is 11.6 Å². The maximum Gasteiger partial charge on any atom is 0.155 e. The van der Waals surface area contributed by atoms with Gasteiger partial charge in [-0.1, -0.05) is 19.4 Å². The second-order valence-electron chi connectivity index (χ2n) is 9.77. The van der Waals surface area contributed by atoms with E-state index in [1.807, 2.05) is 6.08 Å². The topological polar surface area (TPSA) is 29.1 Å². The van der Waals surface area contributed by atoms with E-state index in [0.29, 0.717) is 22.7 Å². The highest BCUT2D eigenvalue weighted by Gasteiger charge is 2.59. The highest BCUT2D eigenvalue weighted by atomic mass is 16.1. The van der Waals surface area contributed by atoms with Gasteiger partial charge in [0, 0.05) is 12.5 Å². The van der Waals surface area contributed by atoms with Gasteiger partial charge in [-0.15, -0.1) is 0 Å². The molecule has 4 aliphatic carbocycles. The second-order valence-corrected chi connectivity index (χ2v) is 9.77. The molecule has 7 atom stereocenters. The van der Waals surface area contributed by atoms with Gasteiger partial charge in [0.05, 0.1) is 0 Å². The minimum atomic E-state index is 0.324. The smallest absolute Gasteiger partial charge is 0.155 e. The lowest BCUT2D eigenvalue weighted by atomic mass is 9.46. The number of ketones is 1. The van der Waals surface area contributed by atoms with Gasteiger partial charge in [-0.05, 0) is 99.5 Å². The van der Waals surface area contributed by atoms with E-state index in [1.165, 1.54) is 44.1 Å². The fourth-order valence-electron chi connectivity index (χ4n) is 7.62. The highest BCUT2D eigenvalue weighted by Crippen LogP contribution is 2.66. The minimum absolute atomic E-state index is 0.324. The van der Waals surface area contributed by atoms with Crippen LogP contribution in [0, 0.1) is 34.5 Å². The summed E-state index contributed by atoms with van der Waals surface area (Å²) in [7, 11) is 2.13. The standard InChI is InChI=1S/C22H35NO/c1-14(23-4)18-7-8-19-17-6-5-15-13-16(24)9-11-21(15,2)20(17)10-12-22(18,19)3/h13-14,17-20,23H,5-12H2,1-4H3. The van der Waals surface area contributed by atoms with Gasteiger partial charge in [0.25, 0.3) is 0 Å². The fourth-order valence-corrected chi connectivity index (χ4v) is 7.62. The largest absolute Gasteiger partial charge is 0.317 e. The van der Waals surface area contributed by atoms with Gasteiger partial charge in [0.1, 0.15) is 0 Å². The zero-order chi connectivity index (χ0) is 17.1. The van der Waals surface area contributed by atoms with Crippen molar-refractivity contribution in [2.45, 2.75) is 78.2 Å². The third-order valence-electron chi connectivity index (χ3n) is 9.09. The van der Waals surface area contributed by atoms with Crippen molar-refractivity contribution in [1.29, 1.82) is 0 Å². The molecule has 3 fully saturated rings. The molecule has 0 aromatic heterocycles. The van der Waals surface area contributed by atoms with E-state index in [1.54, 1.807) is 0 Å². The normalized spacial score (nSPS) is 49.0. The Balaban J connectivity index is 1.63. The first-order valence-corrected chi connectivity index (χ1v) is 10.3. The Hall–Kier alpha value is -0.630. The van der Waals surface area contributed by atoms with E-state index in [0.717, 1.165) is 36.5 Å². The molecule has 0 heterocycles. The predicted molar refractivity (Wildman–Crippen MR) is 98.7 cm³/mol. The molecule has 0 aliphatic heterocycles. The lowest BCUT2D eigenvalue weighted by molar-refractivity contribution is -0.117. The Bertz CT molecular complexity index is 566. The summed E-state index contributed by atoms with van der Waals surface area (Å²) < 4.78 is 0. The van der Waals surface area contributed by atoms with Crippen LogP contribution in [0.4, 0.5) is 0 Å². The summed E-state index contributed by atoms with van der Waals surface area (Å²) in [4.78, 5) is 11.9. The number of carbonyl (C=O) groups is 1. The number of fused-ring (bicyclic) bond motifs is 5. The van der Waals surface area contributed by atoms with Crippen molar-refractivity contribution in [3.8, 4) is 0 Å². The second kappa shape index (κ2) is 5.69. The number of hydrogen-bond acceptors (Lipinski definition) is 2. The quantitative estimate of drug-likeness (QED) is 0.792. The third kappa shape index (κ3) is 2.21. The molecule has 134 valence electrons. The fraction of sp³-hybridized carbons (Fsp3) is 0.864. The average Bonchev–Trinajstić information content (AvgIpc) is 2.92. The molecule has 0 spiro atoms. The summed E-state index contributed by atoms with van der Waals surface area (Å²) in [5.74, 6) is 3.85. The van der Waals surface area contributed by atoms with Gasteiger partial charge in [-0.25, -0.2) is 0 Å². The molecule has 1 N–H and O–H groups in total. The van der Waals surface area contributed by atoms with Crippen molar-refractivity contribution in [3.05, 3.63) is 11.6 Å². The number of rotatable bonds is 2. The van der Waals surface area contributed by atoms with Crippen LogP contribution in [-0.4, -0.2) is 18.9 Å². The Labute approximate surface area is 147 Å². The summed E-state index contributed by atoms with van der Waals surface area (Å²) in [6.45, 7) is 7.49. The molecular formula is C22H35NO. The van der Waals surface area contributed by atoms with Crippen LogP contribution in [-0.2, 0) is 4.79 Å². The highest BCUT2D eigenvalue weighted by molar-refractivity contribution is 5.91. The molecule has 24 heavy (non-hydrogen) atoms. The molecule has 2 heteroatoms. The molecule has 0 bridgehead atoms. The van der Waals surface area contributed by atoms with Crippen LogP contribution in [0.3, 0.4) is 0 Å². The van der Waals surface area contributed by atoms with E-state index in [2.05, 4.69) is 33.1 Å². The van der Waals surface area contributed by atoms with Crippen LogP contribution in [0.2, 0.25) is 0 Å². The maximum atomic E-state index is 11.9. The molecule has 3 saturated carbocycles.